The molecule has 0 atom stereocenters. The first-order valence-corrected chi connectivity index (χ1v) is 5.60. The number of amidine groups is 1. The quantitative estimate of drug-likeness (QED) is 0.504. The lowest BCUT2D eigenvalue weighted by Gasteiger charge is -2.19. The van der Waals surface area contributed by atoms with Crippen molar-refractivity contribution in [2.24, 2.45) is 4.99 Å². The predicted molar refractivity (Wildman–Crippen MR) is 64.4 cm³/mol. The molecule has 1 aliphatic heterocycles. The van der Waals surface area contributed by atoms with Gasteiger partial charge in [-0.2, -0.15) is 0 Å². The zero-order valence-electron chi connectivity index (χ0n) is 9.53. The van der Waals surface area contributed by atoms with Crippen molar-refractivity contribution in [1.29, 1.82) is 0 Å². The Morgan fingerprint density at radius 1 is 1.13 bits per heavy atom. The second-order valence-corrected chi connectivity index (χ2v) is 4.11. The third-order valence-corrected chi connectivity index (χ3v) is 2.93. The standard InChI is InChI=1S/C13H18N2/c1-11-5-7-12(8-6-11)13(14-2)15-9-3-4-10-15/h5-8H,3-4,9-10H2,1-2H3. The summed E-state index contributed by atoms with van der Waals surface area (Å²) in [5, 5.41) is 0. The van der Waals surface area contributed by atoms with Crippen LogP contribution in [0.3, 0.4) is 0 Å². The van der Waals surface area contributed by atoms with Crippen LogP contribution in [0.15, 0.2) is 29.3 Å². The molecule has 15 heavy (non-hydrogen) atoms. The third-order valence-electron chi connectivity index (χ3n) is 2.93. The monoisotopic (exact) mass is 202 g/mol. The topological polar surface area (TPSA) is 15.6 Å². The molecule has 0 unspecified atom stereocenters. The summed E-state index contributed by atoms with van der Waals surface area (Å²) in [5.41, 5.74) is 2.54. The summed E-state index contributed by atoms with van der Waals surface area (Å²) >= 11 is 0. The Bertz CT molecular complexity index is 345. The number of benzene rings is 1. The lowest BCUT2D eigenvalue weighted by Crippen LogP contribution is -2.28. The van der Waals surface area contributed by atoms with Crippen molar-refractivity contribution < 1.29 is 0 Å². The number of aliphatic imine (C=N–C) groups is 1. The van der Waals surface area contributed by atoms with Gasteiger partial charge in [0.1, 0.15) is 5.84 Å². The zero-order chi connectivity index (χ0) is 10.7. The molecule has 0 saturated carbocycles. The zero-order valence-corrected chi connectivity index (χ0v) is 9.53. The van der Waals surface area contributed by atoms with Gasteiger partial charge in [0.15, 0.2) is 0 Å². The Morgan fingerprint density at radius 3 is 2.27 bits per heavy atom. The first-order chi connectivity index (χ1) is 7.31. The van der Waals surface area contributed by atoms with Crippen molar-refractivity contribution in [1.82, 2.24) is 4.90 Å². The summed E-state index contributed by atoms with van der Waals surface area (Å²) < 4.78 is 0. The van der Waals surface area contributed by atoms with Gasteiger partial charge in [-0.1, -0.05) is 29.8 Å². The molecular weight excluding hydrogens is 184 g/mol. The lowest BCUT2D eigenvalue weighted by atomic mass is 10.1. The van der Waals surface area contributed by atoms with Gasteiger partial charge >= 0.3 is 0 Å². The van der Waals surface area contributed by atoms with Crippen molar-refractivity contribution in [3.8, 4) is 0 Å². The van der Waals surface area contributed by atoms with Crippen molar-refractivity contribution in [3.63, 3.8) is 0 Å². The first-order valence-electron chi connectivity index (χ1n) is 5.60. The smallest absolute Gasteiger partial charge is 0.130 e. The highest BCUT2D eigenvalue weighted by Gasteiger charge is 2.16. The van der Waals surface area contributed by atoms with Crippen LogP contribution in [0.1, 0.15) is 24.0 Å². The molecule has 0 radical (unpaired) electrons. The number of hydrogen-bond donors (Lipinski definition) is 0. The van der Waals surface area contributed by atoms with Crippen LogP contribution in [0.2, 0.25) is 0 Å². The second kappa shape index (κ2) is 4.47. The molecule has 0 N–H and O–H groups in total. The molecule has 2 rings (SSSR count). The molecule has 0 aromatic heterocycles. The molecule has 0 spiro atoms. The minimum Gasteiger partial charge on any atom is -0.356 e. The molecule has 2 heteroatoms. The molecule has 1 aliphatic rings. The molecule has 0 amide bonds. The molecular formula is C13H18N2. The molecule has 0 bridgehead atoms. The van der Waals surface area contributed by atoms with Gasteiger partial charge in [-0.05, 0) is 19.8 Å². The van der Waals surface area contributed by atoms with Crippen molar-refractivity contribution >= 4 is 5.84 Å². The summed E-state index contributed by atoms with van der Waals surface area (Å²) in [5.74, 6) is 1.15. The van der Waals surface area contributed by atoms with Gasteiger partial charge < -0.3 is 4.90 Å². The van der Waals surface area contributed by atoms with E-state index in [-0.39, 0.29) is 0 Å². The van der Waals surface area contributed by atoms with Crippen LogP contribution < -0.4 is 0 Å². The number of rotatable bonds is 1. The van der Waals surface area contributed by atoms with Crippen LogP contribution in [0.5, 0.6) is 0 Å². The summed E-state index contributed by atoms with van der Waals surface area (Å²) in [6.45, 7) is 4.42. The number of likely N-dealkylation sites (tertiary alicyclic amines) is 1. The van der Waals surface area contributed by atoms with Gasteiger partial charge in [0.2, 0.25) is 0 Å². The fourth-order valence-electron chi connectivity index (χ4n) is 2.08. The van der Waals surface area contributed by atoms with E-state index in [1.807, 2.05) is 7.05 Å². The van der Waals surface area contributed by atoms with Gasteiger partial charge in [-0.3, -0.25) is 4.99 Å². The maximum Gasteiger partial charge on any atom is 0.130 e. The number of aryl methyl sites for hydroxylation is 1. The van der Waals surface area contributed by atoms with Gasteiger partial charge in [-0.25, -0.2) is 0 Å². The fourth-order valence-corrected chi connectivity index (χ4v) is 2.08. The van der Waals surface area contributed by atoms with E-state index in [4.69, 9.17) is 0 Å². The molecule has 1 fully saturated rings. The number of hydrogen-bond acceptors (Lipinski definition) is 1. The maximum absolute atomic E-state index is 4.41. The lowest BCUT2D eigenvalue weighted by molar-refractivity contribution is 0.519. The van der Waals surface area contributed by atoms with E-state index in [2.05, 4.69) is 41.1 Å². The van der Waals surface area contributed by atoms with E-state index in [1.165, 1.54) is 24.0 Å². The van der Waals surface area contributed by atoms with Crippen molar-refractivity contribution in [2.75, 3.05) is 20.1 Å². The Balaban J connectivity index is 2.23. The molecule has 80 valence electrons. The van der Waals surface area contributed by atoms with Crippen LogP contribution in [-0.4, -0.2) is 30.9 Å². The van der Waals surface area contributed by atoms with E-state index in [1.54, 1.807) is 0 Å². The Hall–Kier alpha value is -1.31. The predicted octanol–water partition coefficient (Wildman–Crippen LogP) is 2.47. The largest absolute Gasteiger partial charge is 0.356 e. The number of nitrogens with zero attached hydrogens (tertiary/aromatic N) is 2. The second-order valence-electron chi connectivity index (χ2n) is 4.11. The summed E-state index contributed by atoms with van der Waals surface area (Å²) in [7, 11) is 1.88. The van der Waals surface area contributed by atoms with E-state index < -0.39 is 0 Å². The average Bonchev–Trinajstić information content (AvgIpc) is 2.75. The minimum absolute atomic E-state index is 1.15. The van der Waals surface area contributed by atoms with Crippen LogP contribution in [0, 0.1) is 6.92 Å². The van der Waals surface area contributed by atoms with Crippen LogP contribution in [-0.2, 0) is 0 Å². The average molecular weight is 202 g/mol. The van der Waals surface area contributed by atoms with Crippen LogP contribution in [0.25, 0.3) is 0 Å². The first kappa shape index (κ1) is 10.2. The van der Waals surface area contributed by atoms with Crippen molar-refractivity contribution in [2.45, 2.75) is 19.8 Å². The highest BCUT2D eigenvalue weighted by molar-refractivity contribution is 5.98. The fraction of sp³-hybridized carbons (Fsp3) is 0.462. The molecule has 2 nitrogen and oxygen atoms in total. The molecule has 1 aromatic rings. The Labute approximate surface area is 91.6 Å². The van der Waals surface area contributed by atoms with Gasteiger partial charge in [-0.15, -0.1) is 0 Å². The third kappa shape index (κ3) is 2.20. The van der Waals surface area contributed by atoms with Gasteiger partial charge in [0.05, 0.1) is 0 Å². The van der Waals surface area contributed by atoms with E-state index in [0.29, 0.717) is 0 Å². The minimum atomic E-state index is 1.15. The molecule has 1 heterocycles. The summed E-state index contributed by atoms with van der Waals surface area (Å²) in [6.07, 6.45) is 2.59. The molecule has 1 saturated heterocycles. The van der Waals surface area contributed by atoms with E-state index in [9.17, 15) is 0 Å². The van der Waals surface area contributed by atoms with E-state index in [0.717, 1.165) is 18.9 Å². The van der Waals surface area contributed by atoms with Crippen LogP contribution >= 0.6 is 0 Å². The maximum atomic E-state index is 4.41. The Kier molecular flexibility index (Phi) is 3.05. The SMILES string of the molecule is CN=C(c1ccc(C)cc1)N1CCCC1. The van der Waals surface area contributed by atoms with Gasteiger partial charge in [0, 0.05) is 25.7 Å². The molecule has 1 aromatic carbocycles. The van der Waals surface area contributed by atoms with Crippen molar-refractivity contribution in [3.05, 3.63) is 35.4 Å². The highest BCUT2D eigenvalue weighted by atomic mass is 15.2. The van der Waals surface area contributed by atoms with Gasteiger partial charge in [0.25, 0.3) is 0 Å². The molecule has 0 aliphatic carbocycles. The Morgan fingerprint density at radius 2 is 1.73 bits per heavy atom. The van der Waals surface area contributed by atoms with Crippen LogP contribution in [0.4, 0.5) is 0 Å². The normalized spacial score (nSPS) is 17.2. The highest BCUT2D eigenvalue weighted by Crippen LogP contribution is 2.14. The summed E-state index contributed by atoms with van der Waals surface area (Å²) in [4.78, 5) is 6.79. The summed E-state index contributed by atoms with van der Waals surface area (Å²) in [6, 6.07) is 8.62. The van der Waals surface area contributed by atoms with E-state index >= 15 is 0 Å².